The van der Waals surface area contributed by atoms with Gasteiger partial charge in [-0.05, 0) is 37.6 Å². The first kappa shape index (κ1) is 23.5. The molecule has 3 heterocycles. The predicted octanol–water partition coefficient (Wildman–Crippen LogP) is 2.98. The van der Waals surface area contributed by atoms with Gasteiger partial charge < -0.3 is 23.7 Å². The summed E-state index contributed by atoms with van der Waals surface area (Å²) in [5.41, 5.74) is 2.65. The second-order valence-electron chi connectivity index (χ2n) is 8.81. The summed E-state index contributed by atoms with van der Waals surface area (Å²) >= 11 is 0. The lowest BCUT2D eigenvalue weighted by Crippen LogP contribution is -2.41. The Morgan fingerprint density at radius 1 is 1.09 bits per heavy atom. The van der Waals surface area contributed by atoms with Crippen molar-refractivity contribution in [2.45, 2.75) is 25.9 Å². The number of nitrogens with zero attached hydrogens (tertiary/aromatic N) is 1. The molecular weight excluding hydrogens is 474 g/mol. The lowest BCUT2D eigenvalue weighted by atomic mass is 9.99. The number of carbonyl (C=O) groups excluding carboxylic acids is 1. The first-order valence-corrected chi connectivity index (χ1v) is 13.1. The predicted molar refractivity (Wildman–Crippen MR) is 128 cm³/mol. The number of Topliss-reactive ketones (excluding diaryl/α,β-unsaturated/α-hetero) is 1. The molecular formula is C25H27NO8S. The fourth-order valence-electron chi connectivity index (χ4n) is 4.94. The number of ketones is 1. The number of methoxy groups -OCH3 is 3. The van der Waals surface area contributed by atoms with Crippen molar-refractivity contribution in [2.24, 2.45) is 0 Å². The zero-order valence-corrected chi connectivity index (χ0v) is 20.9. The summed E-state index contributed by atoms with van der Waals surface area (Å²) in [5, 5.41) is 0. The Labute approximate surface area is 204 Å². The van der Waals surface area contributed by atoms with Crippen LogP contribution < -0.4 is 23.7 Å². The largest absolute Gasteiger partial charge is 0.493 e. The smallest absolute Gasteiger partial charge is 0.231 e. The highest BCUT2D eigenvalue weighted by atomic mass is 32.2. The molecule has 2 aromatic rings. The molecule has 0 saturated carbocycles. The first-order chi connectivity index (χ1) is 16.8. The molecule has 0 bridgehead atoms. The monoisotopic (exact) mass is 501 g/mol. The maximum absolute atomic E-state index is 13.3. The van der Waals surface area contributed by atoms with Gasteiger partial charge in [-0.15, -0.1) is 0 Å². The maximum Gasteiger partial charge on any atom is 0.231 e. The molecule has 0 N–H and O–H groups in total. The molecule has 0 radical (unpaired) electrons. The van der Waals surface area contributed by atoms with Gasteiger partial charge in [0.25, 0.3) is 0 Å². The molecule has 3 aliphatic rings. The van der Waals surface area contributed by atoms with Crippen molar-refractivity contribution < 1.29 is 36.9 Å². The molecule has 0 aliphatic carbocycles. The molecule has 1 fully saturated rings. The van der Waals surface area contributed by atoms with Crippen LogP contribution in [0, 0.1) is 6.92 Å². The highest BCUT2D eigenvalue weighted by molar-refractivity contribution is 7.91. The quantitative estimate of drug-likeness (QED) is 0.573. The van der Waals surface area contributed by atoms with Gasteiger partial charge in [-0.3, -0.25) is 9.69 Å². The first-order valence-electron chi connectivity index (χ1n) is 11.2. The van der Waals surface area contributed by atoms with Gasteiger partial charge in [0, 0.05) is 29.3 Å². The van der Waals surface area contributed by atoms with Crippen molar-refractivity contribution in [3.05, 3.63) is 46.2 Å². The molecule has 0 aromatic heterocycles. The lowest BCUT2D eigenvalue weighted by Gasteiger charge is -2.33. The topological polar surface area (TPSA) is 101 Å². The summed E-state index contributed by atoms with van der Waals surface area (Å²) in [5.74, 6) is 2.75. The van der Waals surface area contributed by atoms with E-state index in [1.807, 2.05) is 11.8 Å². The molecule has 1 saturated heterocycles. The van der Waals surface area contributed by atoms with Gasteiger partial charge in [0.1, 0.15) is 18.2 Å². The Morgan fingerprint density at radius 3 is 2.51 bits per heavy atom. The molecule has 186 valence electrons. The summed E-state index contributed by atoms with van der Waals surface area (Å²) < 4.78 is 52.2. The standard InChI is InChI=1S/C25H27NO8S/c1-14-22-16(11-26(13-33-22)17-7-8-35(28,29)12-17)9-18-21(27)20(34-23(14)18)10-15-5-6-19(30-2)25(32-4)24(15)31-3/h5-6,9-10,17H,7-8,11-13H2,1-4H3/b20-10-. The SMILES string of the molecule is COc1ccc(/C=C2\Oc3c(cc4c(c3C)OCN(C3CCS(=O)(=O)C3)C4)C2=O)c(OC)c1OC. The van der Waals surface area contributed by atoms with Crippen LogP contribution >= 0.6 is 0 Å². The van der Waals surface area contributed by atoms with Crippen molar-refractivity contribution >= 4 is 21.7 Å². The lowest BCUT2D eigenvalue weighted by molar-refractivity contribution is 0.0637. The van der Waals surface area contributed by atoms with Crippen molar-refractivity contribution in [1.29, 1.82) is 0 Å². The minimum absolute atomic E-state index is 0.0818. The molecule has 1 atom stereocenters. The normalized spacial score (nSPS) is 21.8. The average Bonchev–Trinajstić information content (AvgIpc) is 3.37. The van der Waals surface area contributed by atoms with Crippen LogP contribution in [0.1, 0.15) is 33.5 Å². The fraction of sp³-hybridized carbons (Fsp3) is 0.400. The fourth-order valence-corrected chi connectivity index (χ4v) is 6.70. The van der Waals surface area contributed by atoms with Crippen LogP contribution in [0.2, 0.25) is 0 Å². The third-order valence-corrected chi connectivity index (χ3v) is 8.46. The summed E-state index contributed by atoms with van der Waals surface area (Å²) in [7, 11) is 1.56. The molecule has 9 nitrogen and oxygen atoms in total. The number of fused-ring (bicyclic) bond motifs is 2. The molecule has 1 unspecified atom stereocenters. The second kappa shape index (κ2) is 8.76. The number of sulfone groups is 1. The maximum atomic E-state index is 13.3. The van der Waals surface area contributed by atoms with E-state index in [-0.39, 0.29) is 29.1 Å². The summed E-state index contributed by atoms with van der Waals surface area (Å²) in [6.45, 7) is 2.67. The third-order valence-electron chi connectivity index (χ3n) is 6.71. The zero-order valence-electron chi connectivity index (χ0n) is 20.0. The number of carbonyl (C=O) groups is 1. The third kappa shape index (κ3) is 4.00. The molecule has 2 aromatic carbocycles. The van der Waals surface area contributed by atoms with E-state index in [2.05, 4.69) is 0 Å². The Balaban J connectivity index is 1.47. The van der Waals surface area contributed by atoms with E-state index in [4.69, 9.17) is 23.7 Å². The minimum Gasteiger partial charge on any atom is -0.493 e. The molecule has 3 aliphatic heterocycles. The van der Waals surface area contributed by atoms with E-state index < -0.39 is 9.84 Å². The summed E-state index contributed by atoms with van der Waals surface area (Å²) in [6.07, 6.45) is 2.21. The molecule has 35 heavy (non-hydrogen) atoms. The highest BCUT2D eigenvalue weighted by Gasteiger charge is 2.37. The minimum atomic E-state index is -3.01. The Hall–Kier alpha value is -3.24. The van der Waals surface area contributed by atoms with Gasteiger partial charge in [-0.1, -0.05) is 0 Å². The Morgan fingerprint density at radius 2 is 1.86 bits per heavy atom. The Kier molecular flexibility index (Phi) is 5.88. The van der Waals surface area contributed by atoms with E-state index >= 15 is 0 Å². The van der Waals surface area contributed by atoms with Crippen LogP contribution in [0.25, 0.3) is 6.08 Å². The van der Waals surface area contributed by atoms with E-state index in [0.29, 0.717) is 59.6 Å². The van der Waals surface area contributed by atoms with E-state index in [9.17, 15) is 13.2 Å². The number of ether oxygens (including phenoxy) is 5. The van der Waals surface area contributed by atoms with Gasteiger partial charge in [-0.25, -0.2) is 8.42 Å². The van der Waals surface area contributed by atoms with Crippen molar-refractivity contribution in [3.8, 4) is 28.7 Å². The van der Waals surface area contributed by atoms with Crippen LogP contribution in [0.15, 0.2) is 24.0 Å². The van der Waals surface area contributed by atoms with Crippen LogP contribution in [0.5, 0.6) is 28.7 Å². The van der Waals surface area contributed by atoms with Crippen LogP contribution in [-0.2, 0) is 16.4 Å². The number of hydrogen-bond donors (Lipinski definition) is 0. The number of hydrogen-bond acceptors (Lipinski definition) is 9. The van der Waals surface area contributed by atoms with Crippen LogP contribution in [-0.4, -0.2) is 64.7 Å². The molecule has 0 amide bonds. The van der Waals surface area contributed by atoms with E-state index in [0.717, 1.165) is 11.1 Å². The van der Waals surface area contributed by atoms with Gasteiger partial charge in [0.05, 0.1) is 38.4 Å². The average molecular weight is 502 g/mol. The van der Waals surface area contributed by atoms with Crippen LogP contribution in [0.3, 0.4) is 0 Å². The molecule has 10 heteroatoms. The number of allylic oxidation sites excluding steroid dienone is 1. The highest BCUT2D eigenvalue weighted by Crippen LogP contribution is 2.45. The number of rotatable bonds is 5. The van der Waals surface area contributed by atoms with E-state index in [1.165, 1.54) is 21.3 Å². The summed E-state index contributed by atoms with van der Waals surface area (Å²) in [6, 6.07) is 5.21. The summed E-state index contributed by atoms with van der Waals surface area (Å²) in [4.78, 5) is 15.3. The second-order valence-corrected chi connectivity index (χ2v) is 11.0. The number of benzene rings is 2. The van der Waals surface area contributed by atoms with Gasteiger partial charge in [0.15, 0.2) is 27.1 Å². The van der Waals surface area contributed by atoms with Crippen molar-refractivity contribution in [2.75, 3.05) is 39.6 Å². The van der Waals surface area contributed by atoms with Crippen molar-refractivity contribution in [1.82, 2.24) is 4.90 Å². The van der Waals surface area contributed by atoms with Gasteiger partial charge in [-0.2, -0.15) is 0 Å². The molecule has 0 spiro atoms. The van der Waals surface area contributed by atoms with Crippen molar-refractivity contribution in [3.63, 3.8) is 0 Å². The van der Waals surface area contributed by atoms with Gasteiger partial charge in [0.2, 0.25) is 11.5 Å². The zero-order chi connectivity index (χ0) is 24.9. The molecule has 5 rings (SSSR count). The van der Waals surface area contributed by atoms with E-state index in [1.54, 1.807) is 24.3 Å². The Bertz CT molecular complexity index is 1350. The van der Waals surface area contributed by atoms with Gasteiger partial charge >= 0.3 is 0 Å². The van der Waals surface area contributed by atoms with Crippen LogP contribution in [0.4, 0.5) is 0 Å².